The summed E-state index contributed by atoms with van der Waals surface area (Å²) in [6, 6.07) is 7.23. The molecule has 7 heteroatoms. The number of thiazole rings is 1. The zero-order chi connectivity index (χ0) is 17.8. The van der Waals surface area contributed by atoms with Crippen molar-refractivity contribution in [2.45, 2.75) is 38.8 Å². The van der Waals surface area contributed by atoms with Gasteiger partial charge in [0.15, 0.2) is 0 Å². The molecule has 1 unspecified atom stereocenters. The molecule has 0 radical (unpaired) electrons. The Morgan fingerprint density at radius 3 is 2.84 bits per heavy atom. The summed E-state index contributed by atoms with van der Waals surface area (Å²) >= 11 is 1.44. The number of hydrogen-bond acceptors (Lipinski definition) is 5. The van der Waals surface area contributed by atoms with Crippen LogP contribution >= 0.6 is 11.3 Å². The van der Waals surface area contributed by atoms with E-state index >= 15 is 0 Å². The molecule has 0 aliphatic carbocycles. The van der Waals surface area contributed by atoms with E-state index in [0.717, 1.165) is 34.9 Å². The molecular formula is C18H21N3O3S. The zero-order valence-electron chi connectivity index (χ0n) is 14.1. The van der Waals surface area contributed by atoms with Crippen LogP contribution in [0.1, 0.15) is 29.1 Å². The van der Waals surface area contributed by atoms with Gasteiger partial charge in [0.1, 0.15) is 11.0 Å². The second-order valence-electron chi connectivity index (χ2n) is 6.29. The highest BCUT2D eigenvalue weighted by Gasteiger charge is 2.30. The number of nitrogens with one attached hydrogen (secondary N) is 1. The number of amides is 1. The van der Waals surface area contributed by atoms with Crippen LogP contribution in [0.25, 0.3) is 0 Å². The Balaban J connectivity index is 1.55. The van der Waals surface area contributed by atoms with Crippen molar-refractivity contribution >= 4 is 28.9 Å². The molecule has 2 aromatic rings. The highest BCUT2D eigenvalue weighted by Crippen LogP contribution is 2.21. The van der Waals surface area contributed by atoms with Gasteiger partial charge in [-0.05, 0) is 38.4 Å². The normalized spacial score (nSPS) is 17.6. The predicted octanol–water partition coefficient (Wildman–Crippen LogP) is 2.68. The number of likely N-dealkylation sites (tertiary alicyclic amines) is 1. The van der Waals surface area contributed by atoms with Crippen molar-refractivity contribution in [1.29, 1.82) is 0 Å². The maximum Gasteiger partial charge on any atom is 0.320 e. The quantitative estimate of drug-likeness (QED) is 0.829. The highest BCUT2D eigenvalue weighted by atomic mass is 32.1. The van der Waals surface area contributed by atoms with Crippen molar-refractivity contribution in [2.24, 2.45) is 0 Å². The number of anilines is 1. The minimum Gasteiger partial charge on any atom is -0.480 e. The van der Waals surface area contributed by atoms with Gasteiger partial charge in [0.2, 0.25) is 5.91 Å². The maximum atomic E-state index is 12.1. The number of carbonyl (C=O) groups excluding carboxylic acids is 1. The van der Waals surface area contributed by atoms with Crippen LogP contribution in [0.4, 0.5) is 5.69 Å². The lowest BCUT2D eigenvalue weighted by atomic mass is 10.2. The molecule has 1 aliphatic heterocycles. The van der Waals surface area contributed by atoms with Gasteiger partial charge < -0.3 is 10.4 Å². The molecular weight excluding hydrogens is 338 g/mol. The minimum atomic E-state index is -0.773. The Bertz CT molecular complexity index is 757. The van der Waals surface area contributed by atoms with Crippen LogP contribution in [-0.2, 0) is 22.6 Å². The first kappa shape index (κ1) is 17.6. The van der Waals surface area contributed by atoms with Gasteiger partial charge in [0.05, 0.1) is 12.1 Å². The van der Waals surface area contributed by atoms with E-state index in [0.29, 0.717) is 13.0 Å². The highest BCUT2D eigenvalue weighted by molar-refractivity contribution is 7.09. The summed E-state index contributed by atoms with van der Waals surface area (Å²) in [5, 5.41) is 14.7. The Kier molecular flexibility index (Phi) is 5.45. The predicted molar refractivity (Wildman–Crippen MR) is 96.7 cm³/mol. The number of hydrogen-bond donors (Lipinski definition) is 2. The first-order valence-corrected chi connectivity index (χ1v) is 9.16. The molecule has 0 bridgehead atoms. The molecule has 0 saturated carbocycles. The van der Waals surface area contributed by atoms with Crippen molar-refractivity contribution in [3.63, 3.8) is 0 Å². The summed E-state index contributed by atoms with van der Waals surface area (Å²) < 4.78 is 0. The van der Waals surface area contributed by atoms with Gasteiger partial charge in [-0.1, -0.05) is 17.7 Å². The Morgan fingerprint density at radius 2 is 2.12 bits per heavy atom. The Hall–Kier alpha value is -2.25. The second kappa shape index (κ2) is 7.76. The van der Waals surface area contributed by atoms with Crippen LogP contribution in [0.3, 0.4) is 0 Å². The molecule has 1 aliphatic rings. The number of carboxylic acid groups (broad SMARTS) is 1. The smallest absolute Gasteiger partial charge is 0.320 e. The van der Waals surface area contributed by atoms with Crippen LogP contribution in [-0.4, -0.2) is 39.5 Å². The molecule has 1 aromatic heterocycles. The number of aromatic nitrogens is 1. The Morgan fingerprint density at radius 1 is 1.36 bits per heavy atom. The van der Waals surface area contributed by atoms with E-state index < -0.39 is 12.0 Å². The summed E-state index contributed by atoms with van der Waals surface area (Å²) in [6.07, 6.45) is 1.80. The van der Waals surface area contributed by atoms with Crippen molar-refractivity contribution in [3.8, 4) is 0 Å². The largest absolute Gasteiger partial charge is 0.480 e. The second-order valence-corrected chi connectivity index (χ2v) is 7.23. The molecule has 1 atom stereocenters. The molecule has 1 amide bonds. The standard InChI is InChI=1S/C18H21N3O3S/c1-12-4-6-13(7-5-12)19-16(22)9-17-20-14(11-25-17)10-21-8-2-3-15(21)18(23)24/h4-7,11,15H,2-3,8-10H2,1H3,(H,19,22)(H,23,24). The van der Waals surface area contributed by atoms with Crippen molar-refractivity contribution in [3.05, 3.63) is 45.9 Å². The lowest BCUT2D eigenvalue weighted by molar-refractivity contribution is -0.142. The lowest BCUT2D eigenvalue weighted by Crippen LogP contribution is -2.35. The minimum absolute atomic E-state index is 0.102. The maximum absolute atomic E-state index is 12.1. The first-order chi connectivity index (χ1) is 12.0. The number of aliphatic carboxylic acids is 1. The average Bonchev–Trinajstić information content (AvgIpc) is 3.19. The summed E-state index contributed by atoms with van der Waals surface area (Å²) in [7, 11) is 0. The van der Waals surface area contributed by atoms with E-state index in [1.165, 1.54) is 11.3 Å². The van der Waals surface area contributed by atoms with Crippen LogP contribution in [0, 0.1) is 6.92 Å². The van der Waals surface area contributed by atoms with Crippen molar-refractivity contribution in [2.75, 3.05) is 11.9 Å². The fraction of sp³-hybridized carbons (Fsp3) is 0.389. The third-order valence-corrected chi connectivity index (χ3v) is 5.16. The van der Waals surface area contributed by atoms with E-state index in [1.54, 1.807) is 0 Å². The average molecular weight is 359 g/mol. The number of carbonyl (C=O) groups is 2. The van der Waals surface area contributed by atoms with E-state index in [2.05, 4.69) is 10.3 Å². The molecule has 132 valence electrons. The van der Waals surface area contributed by atoms with Gasteiger partial charge in [-0.3, -0.25) is 14.5 Å². The van der Waals surface area contributed by atoms with E-state index in [-0.39, 0.29) is 12.3 Å². The van der Waals surface area contributed by atoms with E-state index in [9.17, 15) is 14.7 Å². The zero-order valence-corrected chi connectivity index (χ0v) is 14.9. The fourth-order valence-corrected chi connectivity index (χ4v) is 3.77. The van der Waals surface area contributed by atoms with Gasteiger partial charge in [0, 0.05) is 17.6 Å². The SMILES string of the molecule is Cc1ccc(NC(=O)Cc2nc(CN3CCCC3C(=O)O)cs2)cc1. The molecule has 2 N–H and O–H groups in total. The van der Waals surface area contributed by atoms with Gasteiger partial charge >= 0.3 is 5.97 Å². The van der Waals surface area contributed by atoms with Crippen molar-refractivity contribution in [1.82, 2.24) is 9.88 Å². The van der Waals surface area contributed by atoms with Gasteiger partial charge in [0.25, 0.3) is 0 Å². The molecule has 3 rings (SSSR count). The van der Waals surface area contributed by atoms with Crippen LogP contribution < -0.4 is 5.32 Å². The molecule has 1 fully saturated rings. The number of benzene rings is 1. The number of aryl methyl sites for hydroxylation is 1. The third kappa shape index (κ3) is 4.64. The summed E-state index contributed by atoms with van der Waals surface area (Å²) in [4.78, 5) is 29.8. The Labute approximate surface area is 150 Å². The monoisotopic (exact) mass is 359 g/mol. The van der Waals surface area contributed by atoms with E-state index in [4.69, 9.17) is 0 Å². The summed E-state index contributed by atoms with van der Waals surface area (Å²) in [6.45, 7) is 3.29. The van der Waals surface area contributed by atoms with E-state index in [1.807, 2.05) is 41.5 Å². The van der Waals surface area contributed by atoms with Crippen LogP contribution in [0.5, 0.6) is 0 Å². The van der Waals surface area contributed by atoms with Gasteiger partial charge in [-0.15, -0.1) is 11.3 Å². The number of carboxylic acids is 1. The number of nitrogens with zero attached hydrogens (tertiary/aromatic N) is 2. The number of rotatable bonds is 6. The van der Waals surface area contributed by atoms with Crippen molar-refractivity contribution < 1.29 is 14.7 Å². The summed E-state index contributed by atoms with van der Waals surface area (Å²) in [5.41, 5.74) is 2.74. The van der Waals surface area contributed by atoms with Gasteiger partial charge in [-0.25, -0.2) is 4.98 Å². The third-order valence-electron chi connectivity index (χ3n) is 4.26. The topological polar surface area (TPSA) is 82.5 Å². The molecule has 6 nitrogen and oxygen atoms in total. The van der Waals surface area contributed by atoms with Crippen LogP contribution in [0.15, 0.2) is 29.6 Å². The first-order valence-electron chi connectivity index (χ1n) is 8.28. The molecule has 1 aromatic carbocycles. The molecule has 2 heterocycles. The van der Waals surface area contributed by atoms with Crippen LogP contribution in [0.2, 0.25) is 0 Å². The molecule has 1 saturated heterocycles. The summed E-state index contributed by atoms with van der Waals surface area (Å²) in [5.74, 6) is -0.875. The lowest BCUT2D eigenvalue weighted by Gasteiger charge is -2.19. The molecule has 25 heavy (non-hydrogen) atoms. The van der Waals surface area contributed by atoms with Gasteiger partial charge in [-0.2, -0.15) is 0 Å². The fourth-order valence-electron chi connectivity index (χ4n) is 2.99. The molecule has 0 spiro atoms.